The third-order valence-corrected chi connectivity index (χ3v) is 0.614. The fraction of sp³-hybridized carbons (Fsp3) is 0.600. The van der Waals surface area contributed by atoms with Gasteiger partial charge >= 0.3 is 23.1 Å². The van der Waals surface area contributed by atoms with E-state index in [1.807, 2.05) is 0 Å². The zero-order valence-corrected chi connectivity index (χ0v) is 4.31. The molecule has 8 heavy (non-hydrogen) atoms. The third kappa shape index (κ3) is 9.44. The molecule has 0 bridgehead atoms. The highest BCUT2D eigenvalue weighted by Gasteiger charge is 1.87. The average molecular weight is 126 g/mol. The van der Waals surface area contributed by atoms with Crippen molar-refractivity contribution >= 4 is 35.1 Å². The zero-order valence-electron chi connectivity index (χ0n) is 4.31. The second-order valence-electron chi connectivity index (χ2n) is 1.41. The Morgan fingerprint density at radius 2 is 2.12 bits per heavy atom. The molecule has 0 saturated heterocycles. The van der Waals surface area contributed by atoms with Crippen LogP contribution in [0.2, 0.25) is 0 Å². The smallest absolute Gasteiger partial charge is 0.303 e. The minimum atomic E-state index is 0. The lowest BCUT2D eigenvalue weighted by atomic mass is 10.3. The van der Waals surface area contributed by atoms with Crippen LogP contribution >= 0.6 is 0 Å². The van der Waals surface area contributed by atoms with Crippen molar-refractivity contribution < 1.29 is 9.59 Å². The molecule has 0 N–H and O–H groups in total. The number of Topliss-reactive ketones (excluding diaryl/α,β-unsaturated/α-hetero) is 1. The van der Waals surface area contributed by atoms with Gasteiger partial charge in [-0.1, -0.05) is 0 Å². The third-order valence-electron chi connectivity index (χ3n) is 0.614. The molecule has 0 heterocycles. The molecule has 44 valence electrons. The van der Waals surface area contributed by atoms with E-state index in [1.165, 1.54) is 6.92 Å². The predicted molar refractivity (Wildman–Crippen MR) is 34.5 cm³/mol. The summed E-state index contributed by atoms with van der Waals surface area (Å²) in [5.41, 5.74) is 0. The maximum atomic E-state index is 10.0. The van der Waals surface area contributed by atoms with E-state index >= 15 is 0 Å². The van der Waals surface area contributed by atoms with Crippen LogP contribution in [0.5, 0.6) is 0 Å². The maximum absolute atomic E-state index is 10.0. The SMILES string of the molecule is CC(=O)CCC=O.[MgH2]. The van der Waals surface area contributed by atoms with Crippen LogP contribution in [0.4, 0.5) is 0 Å². The van der Waals surface area contributed by atoms with E-state index in [2.05, 4.69) is 0 Å². The van der Waals surface area contributed by atoms with Crippen LogP contribution in [-0.4, -0.2) is 35.1 Å². The van der Waals surface area contributed by atoms with Crippen LogP contribution in [-0.2, 0) is 9.59 Å². The van der Waals surface area contributed by atoms with Gasteiger partial charge in [0.15, 0.2) is 0 Å². The van der Waals surface area contributed by atoms with E-state index in [0.29, 0.717) is 12.8 Å². The average Bonchev–Trinajstić information content (AvgIpc) is 1.61. The van der Waals surface area contributed by atoms with Crippen molar-refractivity contribution in [2.45, 2.75) is 19.8 Å². The molecule has 3 heteroatoms. The Bertz CT molecular complexity index is 80.5. The summed E-state index contributed by atoms with van der Waals surface area (Å²) in [5, 5.41) is 0. The molecule has 0 aliphatic heterocycles. The molecule has 0 spiro atoms. The normalized spacial score (nSPS) is 7.12. The number of carbonyl (C=O) groups excluding carboxylic acids is 2. The Morgan fingerprint density at radius 3 is 2.25 bits per heavy atom. The standard InChI is InChI=1S/C5H8O2.Mg.2H/c1-5(7)3-2-4-6;;;/h4H,2-3H2,1H3;;;. The first-order valence-corrected chi connectivity index (χ1v) is 2.20. The van der Waals surface area contributed by atoms with Gasteiger partial charge in [-0.15, -0.1) is 0 Å². The van der Waals surface area contributed by atoms with Crippen molar-refractivity contribution in [1.29, 1.82) is 0 Å². The monoisotopic (exact) mass is 126 g/mol. The second kappa shape index (κ2) is 7.11. The summed E-state index contributed by atoms with van der Waals surface area (Å²) >= 11 is 0. The summed E-state index contributed by atoms with van der Waals surface area (Å²) in [5.74, 6) is 0.0760. The van der Waals surface area contributed by atoms with Gasteiger partial charge in [0.1, 0.15) is 12.1 Å². The Labute approximate surface area is 64.8 Å². The van der Waals surface area contributed by atoms with Crippen LogP contribution in [0, 0.1) is 0 Å². The van der Waals surface area contributed by atoms with Gasteiger partial charge in [0.05, 0.1) is 0 Å². The molecule has 0 saturated carbocycles. The largest absolute Gasteiger partial charge is 0.316 e. The van der Waals surface area contributed by atoms with E-state index in [4.69, 9.17) is 0 Å². The molecule has 0 aliphatic carbocycles. The highest BCUT2D eigenvalue weighted by molar-refractivity contribution is 5.77. The minimum Gasteiger partial charge on any atom is -0.303 e. The fourth-order valence-electron chi connectivity index (χ4n) is 0.262. The first-order valence-electron chi connectivity index (χ1n) is 2.20. The molecule has 0 aromatic rings. The lowest BCUT2D eigenvalue weighted by Gasteiger charge is -1.80. The molecule has 0 aromatic carbocycles. The minimum absolute atomic E-state index is 0. The number of hydrogen-bond donors (Lipinski definition) is 0. The molecule has 0 fully saturated rings. The molecule has 0 amide bonds. The molecule has 0 unspecified atom stereocenters. The fourth-order valence-corrected chi connectivity index (χ4v) is 0.262. The summed E-state index contributed by atoms with van der Waals surface area (Å²) in [6, 6.07) is 0. The molecular formula is C5H10MgO2. The van der Waals surface area contributed by atoms with Crippen molar-refractivity contribution in [3.05, 3.63) is 0 Å². The topological polar surface area (TPSA) is 34.1 Å². The summed E-state index contributed by atoms with van der Waals surface area (Å²) in [7, 11) is 0. The Hall–Kier alpha value is 0.106. The van der Waals surface area contributed by atoms with Gasteiger partial charge in [0.2, 0.25) is 0 Å². The number of carbonyl (C=O) groups is 2. The molecule has 0 radical (unpaired) electrons. The number of aldehydes is 1. The molecule has 0 aliphatic rings. The van der Waals surface area contributed by atoms with Crippen molar-refractivity contribution in [3.8, 4) is 0 Å². The van der Waals surface area contributed by atoms with Crippen LogP contribution in [0.3, 0.4) is 0 Å². The number of hydrogen-bond acceptors (Lipinski definition) is 2. The van der Waals surface area contributed by atoms with Crippen molar-refractivity contribution in [2.24, 2.45) is 0 Å². The summed E-state index contributed by atoms with van der Waals surface area (Å²) in [6.45, 7) is 1.48. The van der Waals surface area contributed by atoms with Crippen molar-refractivity contribution in [3.63, 3.8) is 0 Å². The summed E-state index contributed by atoms with van der Waals surface area (Å²) < 4.78 is 0. The first kappa shape index (κ1) is 11.0. The lowest BCUT2D eigenvalue weighted by Crippen LogP contribution is -1.88. The van der Waals surface area contributed by atoms with E-state index in [9.17, 15) is 9.59 Å². The molecule has 0 aromatic heterocycles. The molecule has 0 atom stereocenters. The Kier molecular flexibility index (Phi) is 9.75. The van der Waals surface area contributed by atoms with Gasteiger partial charge in [-0.3, -0.25) is 0 Å². The van der Waals surface area contributed by atoms with E-state index in [0.717, 1.165) is 6.29 Å². The molecule has 2 nitrogen and oxygen atoms in total. The van der Waals surface area contributed by atoms with Crippen LogP contribution < -0.4 is 0 Å². The van der Waals surface area contributed by atoms with Crippen LogP contribution in [0.25, 0.3) is 0 Å². The highest BCUT2D eigenvalue weighted by Crippen LogP contribution is 1.83. The molecule has 0 rings (SSSR count). The van der Waals surface area contributed by atoms with Gasteiger partial charge < -0.3 is 9.59 Å². The quantitative estimate of drug-likeness (QED) is 0.382. The van der Waals surface area contributed by atoms with Crippen LogP contribution in [0.1, 0.15) is 19.8 Å². The van der Waals surface area contributed by atoms with E-state index in [1.54, 1.807) is 0 Å². The summed E-state index contributed by atoms with van der Waals surface area (Å²) in [4.78, 5) is 19.6. The highest BCUT2D eigenvalue weighted by atomic mass is 24.3. The first-order chi connectivity index (χ1) is 3.27. The molecular weight excluding hydrogens is 116 g/mol. The van der Waals surface area contributed by atoms with Gasteiger partial charge in [-0.25, -0.2) is 0 Å². The van der Waals surface area contributed by atoms with Crippen molar-refractivity contribution in [2.75, 3.05) is 0 Å². The Balaban J connectivity index is 0. The van der Waals surface area contributed by atoms with Gasteiger partial charge in [-0.05, 0) is 6.92 Å². The summed E-state index contributed by atoms with van der Waals surface area (Å²) in [6.07, 6.45) is 1.51. The second-order valence-corrected chi connectivity index (χ2v) is 1.41. The maximum Gasteiger partial charge on any atom is 0.316 e. The van der Waals surface area contributed by atoms with Gasteiger partial charge in [-0.2, -0.15) is 0 Å². The van der Waals surface area contributed by atoms with Gasteiger partial charge in [0.25, 0.3) is 0 Å². The number of rotatable bonds is 3. The van der Waals surface area contributed by atoms with E-state index in [-0.39, 0.29) is 28.8 Å². The van der Waals surface area contributed by atoms with E-state index < -0.39 is 0 Å². The van der Waals surface area contributed by atoms with Crippen LogP contribution in [0.15, 0.2) is 0 Å². The lowest BCUT2D eigenvalue weighted by molar-refractivity contribution is -0.118. The Morgan fingerprint density at radius 1 is 1.62 bits per heavy atom. The zero-order chi connectivity index (χ0) is 5.70. The van der Waals surface area contributed by atoms with Gasteiger partial charge in [0, 0.05) is 12.8 Å². The number of ketones is 1. The predicted octanol–water partition coefficient (Wildman–Crippen LogP) is -0.362. The van der Waals surface area contributed by atoms with Crippen molar-refractivity contribution in [1.82, 2.24) is 0 Å².